The zero-order valence-electron chi connectivity index (χ0n) is 24.5. The summed E-state index contributed by atoms with van der Waals surface area (Å²) in [5, 5.41) is 19.6. The highest BCUT2D eigenvalue weighted by Crippen LogP contribution is 2.09. The molecule has 234 valence electrons. The van der Waals surface area contributed by atoms with Crippen LogP contribution < -0.4 is 27.0 Å². The van der Waals surface area contributed by atoms with Crippen molar-refractivity contribution in [1.29, 1.82) is 0 Å². The molecule has 0 saturated carbocycles. The second-order valence-corrected chi connectivity index (χ2v) is 12.0. The molecule has 5 atom stereocenters. The molecular formula is C28H43N5O7S2. The van der Waals surface area contributed by atoms with E-state index in [0.29, 0.717) is 30.6 Å². The molecule has 1 aromatic carbocycles. The Hall–Kier alpha value is -3.10. The van der Waals surface area contributed by atoms with E-state index >= 15 is 0 Å². The van der Waals surface area contributed by atoms with Gasteiger partial charge >= 0.3 is 5.97 Å². The maximum atomic E-state index is 13.4. The average molecular weight is 626 g/mol. The van der Waals surface area contributed by atoms with Gasteiger partial charge in [-0.15, -0.1) is 0 Å². The Morgan fingerprint density at radius 3 is 1.95 bits per heavy atom. The SMILES string of the molecule is CSCC[C@@H](C=O)NC(=O)[C@H](Cc1ccccc1)NC(=O)[C@@H](NC(=O)[C@H](CC(=O)O)NC(=O)[C@@H](N)CCSC)C(C)C. The lowest BCUT2D eigenvalue weighted by molar-refractivity contribution is -0.141. The van der Waals surface area contributed by atoms with Gasteiger partial charge in [-0.25, -0.2) is 0 Å². The molecule has 0 aliphatic rings. The largest absolute Gasteiger partial charge is 0.481 e. The van der Waals surface area contributed by atoms with E-state index in [9.17, 15) is 33.9 Å². The van der Waals surface area contributed by atoms with Crippen LogP contribution in [0.3, 0.4) is 0 Å². The first-order valence-electron chi connectivity index (χ1n) is 13.6. The minimum atomic E-state index is -1.47. The van der Waals surface area contributed by atoms with Crippen LogP contribution in [-0.2, 0) is 35.2 Å². The van der Waals surface area contributed by atoms with Crippen LogP contribution in [-0.4, -0.2) is 95.2 Å². The van der Waals surface area contributed by atoms with Crippen molar-refractivity contribution in [2.75, 3.05) is 24.0 Å². The molecule has 0 radical (unpaired) electrons. The molecule has 4 amide bonds. The Kier molecular flexibility index (Phi) is 17.5. The quantitative estimate of drug-likeness (QED) is 0.110. The first kappa shape index (κ1) is 36.9. The molecule has 0 spiro atoms. The predicted molar refractivity (Wildman–Crippen MR) is 165 cm³/mol. The number of benzene rings is 1. The summed E-state index contributed by atoms with van der Waals surface area (Å²) in [7, 11) is 0. The number of carbonyl (C=O) groups is 6. The zero-order valence-corrected chi connectivity index (χ0v) is 26.1. The summed E-state index contributed by atoms with van der Waals surface area (Å²) in [5.41, 5.74) is 6.63. The maximum Gasteiger partial charge on any atom is 0.305 e. The van der Waals surface area contributed by atoms with Gasteiger partial charge in [-0.2, -0.15) is 23.5 Å². The molecule has 0 saturated heterocycles. The number of hydrogen-bond acceptors (Lipinski definition) is 9. The lowest BCUT2D eigenvalue weighted by Gasteiger charge is -2.28. The number of hydrogen-bond donors (Lipinski definition) is 6. The van der Waals surface area contributed by atoms with Gasteiger partial charge < -0.3 is 36.9 Å². The molecular weight excluding hydrogens is 582 g/mol. The summed E-state index contributed by atoms with van der Waals surface area (Å²) >= 11 is 3.02. The van der Waals surface area contributed by atoms with Crippen LogP contribution in [0.25, 0.3) is 0 Å². The average Bonchev–Trinajstić information content (AvgIpc) is 2.95. The van der Waals surface area contributed by atoms with Gasteiger partial charge in [0.05, 0.1) is 18.5 Å². The molecule has 0 unspecified atom stereocenters. The molecule has 1 rings (SSSR count). The molecule has 0 aromatic heterocycles. The molecule has 1 aromatic rings. The second-order valence-electron chi connectivity index (χ2n) is 10.1. The van der Waals surface area contributed by atoms with E-state index in [4.69, 9.17) is 5.73 Å². The lowest BCUT2D eigenvalue weighted by atomic mass is 10.00. The third-order valence-electron chi connectivity index (χ3n) is 6.27. The number of rotatable bonds is 20. The van der Waals surface area contributed by atoms with Crippen LogP contribution in [0.4, 0.5) is 0 Å². The fourth-order valence-electron chi connectivity index (χ4n) is 3.85. The summed E-state index contributed by atoms with van der Waals surface area (Å²) in [6.07, 6.45) is 4.54. The van der Waals surface area contributed by atoms with Crippen LogP contribution in [0.15, 0.2) is 30.3 Å². The van der Waals surface area contributed by atoms with E-state index in [2.05, 4.69) is 21.3 Å². The number of aldehydes is 1. The third-order valence-corrected chi connectivity index (χ3v) is 7.56. The summed E-state index contributed by atoms with van der Waals surface area (Å²) in [4.78, 5) is 75.3. The van der Waals surface area contributed by atoms with Crippen molar-refractivity contribution in [3.05, 3.63) is 35.9 Å². The van der Waals surface area contributed by atoms with Crippen molar-refractivity contribution in [3.8, 4) is 0 Å². The van der Waals surface area contributed by atoms with Crippen molar-refractivity contribution in [2.45, 2.75) is 69.7 Å². The molecule has 12 nitrogen and oxygen atoms in total. The molecule has 0 aliphatic carbocycles. The molecule has 0 fully saturated rings. The Bertz CT molecular complexity index is 1040. The molecule has 0 aliphatic heterocycles. The predicted octanol–water partition coefficient (Wildman–Crippen LogP) is 0.331. The van der Waals surface area contributed by atoms with E-state index in [0.717, 1.165) is 5.56 Å². The zero-order chi connectivity index (χ0) is 31.7. The fourth-order valence-corrected chi connectivity index (χ4v) is 4.83. The maximum absolute atomic E-state index is 13.4. The monoisotopic (exact) mass is 625 g/mol. The van der Waals surface area contributed by atoms with Gasteiger partial charge in [-0.1, -0.05) is 44.2 Å². The summed E-state index contributed by atoms with van der Waals surface area (Å²) in [6, 6.07) is 3.60. The van der Waals surface area contributed by atoms with Crippen molar-refractivity contribution in [1.82, 2.24) is 21.3 Å². The Morgan fingerprint density at radius 1 is 0.833 bits per heavy atom. The highest BCUT2D eigenvalue weighted by atomic mass is 32.2. The van der Waals surface area contributed by atoms with Gasteiger partial charge in [0.1, 0.15) is 24.4 Å². The van der Waals surface area contributed by atoms with Crippen LogP contribution in [0.5, 0.6) is 0 Å². The number of amides is 4. The third kappa shape index (κ3) is 13.7. The van der Waals surface area contributed by atoms with Crippen molar-refractivity contribution in [3.63, 3.8) is 0 Å². The first-order valence-corrected chi connectivity index (χ1v) is 16.4. The molecule has 14 heteroatoms. The van der Waals surface area contributed by atoms with Crippen molar-refractivity contribution < 1.29 is 33.9 Å². The molecule has 0 bridgehead atoms. The highest BCUT2D eigenvalue weighted by molar-refractivity contribution is 7.98. The first-order chi connectivity index (χ1) is 19.9. The number of thioether (sulfide) groups is 2. The summed E-state index contributed by atoms with van der Waals surface area (Å²) in [5.74, 6) is -3.35. The van der Waals surface area contributed by atoms with Crippen molar-refractivity contribution in [2.24, 2.45) is 11.7 Å². The number of nitrogens with two attached hydrogens (primary N) is 1. The van der Waals surface area contributed by atoms with E-state index in [-0.39, 0.29) is 6.42 Å². The smallest absolute Gasteiger partial charge is 0.305 e. The van der Waals surface area contributed by atoms with E-state index in [1.54, 1.807) is 38.1 Å². The van der Waals surface area contributed by atoms with E-state index in [1.165, 1.54) is 23.5 Å². The number of aliphatic carboxylic acids is 1. The number of carboxylic acids is 1. The van der Waals surface area contributed by atoms with Gasteiger partial charge in [0.15, 0.2) is 0 Å². The van der Waals surface area contributed by atoms with Crippen molar-refractivity contribution >= 4 is 59.4 Å². The van der Waals surface area contributed by atoms with Gasteiger partial charge in [0.25, 0.3) is 0 Å². The van der Waals surface area contributed by atoms with Gasteiger partial charge in [-0.3, -0.25) is 24.0 Å². The number of nitrogens with one attached hydrogen (secondary N) is 4. The summed E-state index contributed by atoms with van der Waals surface area (Å²) in [6.45, 7) is 3.34. The Balaban J connectivity index is 3.12. The van der Waals surface area contributed by atoms with Crippen LogP contribution in [0.2, 0.25) is 0 Å². The molecule has 42 heavy (non-hydrogen) atoms. The topological polar surface area (TPSA) is 197 Å². The molecule has 0 heterocycles. The number of carbonyl (C=O) groups excluding carboxylic acids is 5. The van der Waals surface area contributed by atoms with Gasteiger partial charge in [-0.05, 0) is 48.3 Å². The lowest BCUT2D eigenvalue weighted by Crippen LogP contribution is -2.60. The van der Waals surface area contributed by atoms with Crippen LogP contribution >= 0.6 is 23.5 Å². The fraction of sp³-hybridized carbons (Fsp3) is 0.571. The van der Waals surface area contributed by atoms with Crippen LogP contribution in [0.1, 0.15) is 38.7 Å². The van der Waals surface area contributed by atoms with Crippen LogP contribution in [0, 0.1) is 5.92 Å². The minimum Gasteiger partial charge on any atom is -0.481 e. The van der Waals surface area contributed by atoms with Gasteiger partial charge in [0, 0.05) is 6.42 Å². The summed E-state index contributed by atoms with van der Waals surface area (Å²) < 4.78 is 0. The molecule has 7 N–H and O–H groups in total. The number of carboxylic acid groups (broad SMARTS) is 1. The second kappa shape index (κ2) is 19.9. The standard InChI is InChI=1S/C28H43N5O7S2/c1-17(2)24(33-27(39)22(15-23(35)36)31-25(37)20(29)11-13-42-4)28(40)32-21(14-18-8-6-5-7-9-18)26(38)30-19(16-34)10-12-41-3/h5-9,16-17,19-22,24H,10-15,29H2,1-4H3,(H,30,38)(H,31,37)(H,32,40)(H,33,39)(H,35,36)/t19-,20-,21-,22-,24-/m0/s1. The van der Waals surface area contributed by atoms with E-state index in [1.807, 2.05) is 18.6 Å². The minimum absolute atomic E-state index is 0.122. The normalized spacial score (nSPS) is 14.5. The Morgan fingerprint density at radius 2 is 1.40 bits per heavy atom. The van der Waals surface area contributed by atoms with E-state index < -0.39 is 72.1 Å². The highest BCUT2D eigenvalue weighted by Gasteiger charge is 2.33. The van der Waals surface area contributed by atoms with Gasteiger partial charge in [0.2, 0.25) is 23.6 Å². The Labute approximate surface area is 255 Å².